The second-order valence-electron chi connectivity index (χ2n) is 8.18. The standard InChI is InChI=1S/C26H28N2O5S/c1-4-32-25-15-20-14-19(3)33-24(20)16-22(25)27-26(29)17-28(23-13-9-8-10-18(23)2)34(30,31)21-11-6-5-7-12-21/h5-13,15-16,19H,4,14,17H2,1-3H3,(H,27,29)/t19-/m0/s1. The van der Waals surface area contributed by atoms with Crippen LogP contribution in [-0.2, 0) is 21.2 Å². The van der Waals surface area contributed by atoms with Crippen LogP contribution in [-0.4, -0.2) is 33.6 Å². The fourth-order valence-corrected chi connectivity index (χ4v) is 5.50. The Bertz CT molecular complexity index is 1290. The first-order chi connectivity index (χ1) is 16.3. The summed E-state index contributed by atoms with van der Waals surface area (Å²) < 4.78 is 39.8. The molecule has 0 fully saturated rings. The van der Waals surface area contributed by atoms with Gasteiger partial charge in [-0.05, 0) is 50.6 Å². The molecule has 4 rings (SSSR count). The first-order valence-electron chi connectivity index (χ1n) is 11.2. The van der Waals surface area contributed by atoms with Crippen molar-refractivity contribution >= 4 is 27.3 Å². The Kier molecular flexibility index (Phi) is 6.79. The molecule has 7 nitrogen and oxygen atoms in total. The maximum atomic E-state index is 13.5. The zero-order valence-electron chi connectivity index (χ0n) is 19.4. The van der Waals surface area contributed by atoms with Gasteiger partial charge in [-0.15, -0.1) is 0 Å². The fourth-order valence-electron chi connectivity index (χ4n) is 3.99. The number of hydrogen-bond acceptors (Lipinski definition) is 5. The lowest BCUT2D eigenvalue weighted by molar-refractivity contribution is -0.114. The van der Waals surface area contributed by atoms with Gasteiger partial charge in [-0.1, -0.05) is 36.4 Å². The van der Waals surface area contributed by atoms with Crippen LogP contribution in [0, 0.1) is 6.92 Å². The van der Waals surface area contributed by atoms with E-state index >= 15 is 0 Å². The Labute approximate surface area is 200 Å². The maximum absolute atomic E-state index is 13.5. The molecule has 0 saturated heterocycles. The fraction of sp³-hybridized carbons (Fsp3) is 0.269. The van der Waals surface area contributed by atoms with Crippen molar-refractivity contribution in [1.29, 1.82) is 0 Å². The minimum Gasteiger partial charge on any atom is -0.492 e. The SMILES string of the molecule is CCOc1cc2c(cc1NC(=O)CN(c1ccccc1C)S(=O)(=O)c1ccccc1)O[C@@H](C)C2. The van der Waals surface area contributed by atoms with E-state index in [0.717, 1.165) is 21.9 Å². The largest absolute Gasteiger partial charge is 0.492 e. The van der Waals surface area contributed by atoms with Crippen LogP contribution in [0.5, 0.6) is 11.5 Å². The molecule has 1 amide bonds. The average Bonchev–Trinajstić information content (AvgIpc) is 3.17. The van der Waals surface area contributed by atoms with E-state index in [1.54, 1.807) is 36.4 Å². The summed E-state index contributed by atoms with van der Waals surface area (Å²) in [5, 5.41) is 2.83. The number of sulfonamides is 1. The first kappa shape index (κ1) is 23.6. The number of amides is 1. The highest BCUT2D eigenvalue weighted by atomic mass is 32.2. The average molecular weight is 481 g/mol. The molecule has 0 bridgehead atoms. The molecular weight excluding hydrogens is 452 g/mol. The van der Waals surface area contributed by atoms with Gasteiger partial charge in [0.05, 0.1) is 22.9 Å². The predicted molar refractivity (Wildman–Crippen MR) is 132 cm³/mol. The van der Waals surface area contributed by atoms with Crippen molar-refractivity contribution in [3.63, 3.8) is 0 Å². The number of rotatable bonds is 8. The summed E-state index contributed by atoms with van der Waals surface area (Å²) in [6, 6.07) is 18.8. The van der Waals surface area contributed by atoms with E-state index < -0.39 is 22.5 Å². The van der Waals surface area contributed by atoms with E-state index in [2.05, 4.69) is 5.32 Å². The van der Waals surface area contributed by atoms with Crippen molar-refractivity contribution in [1.82, 2.24) is 0 Å². The molecule has 0 unspecified atom stereocenters. The van der Waals surface area contributed by atoms with Crippen LogP contribution in [0.15, 0.2) is 71.6 Å². The molecule has 178 valence electrons. The van der Waals surface area contributed by atoms with Crippen LogP contribution >= 0.6 is 0 Å². The zero-order chi connectivity index (χ0) is 24.3. The smallest absolute Gasteiger partial charge is 0.264 e. The summed E-state index contributed by atoms with van der Waals surface area (Å²) >= 11 is 0. The van der Waals surface area contributed by atoms with E-state index in [1.165, 1.54) is 12.1 Å². The van der Waals surface area contributed by atoms with Gasteiger partial charge in [-0.2, -0.15) is 0 Å². The monoisotopic (exact) mass is 480 g/mol. The zero-order valence-corrected chi connectivity index (χ0v) is 20.3. The number of hydrogen-bond donors (Lipinski definition) is 1. The predicted octanol–water partition coefficient (Wildman–Crippen LogP) is 4.55. The summed E-state index contributed by atoms with van der Waals surface area (Å²) in [6.07, 6.45) is 0.808. The molecule has 3 aromatic rings. The molecule has 1 heterocycles. The maximum Gasteiger partial charge on any atom is 0.264 e. The van der Waals surface area contributed by atoms with Crippen LogP contribution in [0.2, 0.25) is 0 Å². The Hall–Kier alpha value is -3.52. The third-order valence-electron chi connectivity index (χ3n) is 5.57. The molecule has 0 radical (unpaired) electrons. The minimum absolute atomic E-state index is 0.0444. The molecule has 0 aromatic heterocycles. The van der Waals surface area contributed by atoms with Crippen LogP contribution in [0.4, 0.5) is 11.4 Å². The van der Waals surface area contributed by atoms with Gasteiger partial charge >= 0.3 is 0 Å². The van der Waals surface area contributed by atoms with E-state index in [9.17, 15) is 13.2 Å². The summed E-state index contributed by atoms with van der Waals surface area (Å²) in [7, 11) is -3.98. The van der Waals surface area contributed by atoms with Crippen LogP contribution in [0.3, 0.4) is 0 Å². The van der Waals surface area contributed by atoms with Gasteiger partial charge in [0, 0.05) is 18.1 Å². The summed E-state index contributed by atoms with van der Waals surface area (Å²) in [5.74, 6) is 0.731. The molecule has 0 aliphatic carbocycles. The van der Waals surface area contributed by atoms with Gasteiger partial charge in [0.1, 0.15) is 24.1 Å². The summed E-state index contributed by atoms with van der Waals surface area (Å²) in [6.45, 7) is 5.68. The molecule has 1 aliphatic rings. The van der Waals surface area contributed by atoms with E-state index in [4.69, 9.17) is 9.47 Å². The topological polar surface area (TPSA) is 84.9 Å². The van der Waals surface area contributed by atoms with Gasteiger partial charge in [0.2, 0.25) is 5.91 Å². The highest BCUT2D eigenvalue weighted by Crippen LogP contribution is 2.38. The molecule has 1 aliphatic heterocycles. The molecule has 34 heavy (non-hydrogen) atoms. The summed E-state index contributed by atoms with van der Waals surface area (Å²) in [4.78, 5) is 13.3. The number of fused-ring (bicyclic) bond motifs is 1. The van der Waals surface area contributed by atoms with Crippen LogP contribution in [0.1, 0.15) is 25.0 Å². The lowest BCUT2D eigenvalue weighted by Crippen LogP contribution is -2.38. The van der Waals surface area contributed by atoms with Crippen molar-refractivity contribution < 1.29 is 22.7 Å². The lowest BCUT2D eigenvalue weighted by atomic mass is 10.1. The number of ether oxygens (including phenoxy) is 2. The van der Waals surface area contributed by atoms with Crippen molar-refractivity contribution in [3.8, 4) is 11.5 Å². The van der Waals surface area contributed by atoms with Crippen molar-refractivity contribution in [2.45, 2.75) is 38.2 Å². The second-order valence-corrected chi connectivity index (χ2v) is 10.0. The lowest BCUT2D eigenvalue weighted by Gasteiger charge is -2.25. The molecule has 3 aromatic carbocycles. The minimum atomic E-state index is -3.98. The van der Waals surface area contributed by atoms with E-state index in [1.807, 2.05) is 39.0 Å². The van der Waals surface area contributed by atoms with Crippen molar-refractivity contribution in [2.24, 2.45) is 0 Å². The van der Waals surface area contributed by atoms with Gasteiger partial charge < -0.3 is 14.8 Å². The number of carbonyl (C=O) groups is 1. The number of aryl methyl sites for hydroxylation is 1. The van der Waals surface area contributed by atoms with E-state index in [-0.39, 0.29) is 11.0 Å². The van der Waals surface area contributed by atoms with Crippen LogP contribution < -0.4 is 19.1 Å². The number of nitrogens with one attached hydrogen (secondary N) is 1. The molecular formula is C26H28N2O5S. The molecule has 8 heteroatoms. The van der Waals surface area contributed by atoms with Gasteiger partial charge in [-0.3, -0.25) is 9.10 Å². The number of nitrogens with zero attached hydrogens (tertiary/aromatic N) is 1. The third-order valence-corrected chi connectivity index (χ3v) is 7.35. The Morgan fingerprint density at radius 1 is 1.12 bits per heavy atom. The Balaban J connectivity index is 1.66. The first-order valence-corrected chi connectivity index (χ1v) is 12.6. The van der Waals surface area contributed by atoms with Crippen molar-refractivity contribution in [3.05, 3.63) is 77.9 Å². The quantitative estimate of drug-likeness (QED) is 0.511. The number of para-hydroxylation sites is 1. The number of benzene rings is 3. The normalized spacial score (nSPS) is 14.7. The Morgan fingerprint density at radius 2 is 1.82 bits per heavy atom. The van der Waals surface area contributed by atoms with Gasteiger partial charge in [0.25, 0.3) is 10.0 Å². The second kappa shape index (κ2) is 9.77. The summed E-state index contributed by atoms with van der Waals surface area (Å²) in [5.41, 5.74) is 2.64. The number of carbonyl (C=O) groups excluding carboxylic acids is 1. The van der Waals surface area contributed by atoms with Gasteiger partial charge in [-0.25, -0.2) is 8.42 Å². The molecule has 0 saturated carbocycles. The van der Waals surface area contributed by atoms with E-state index in [0.29, 0.717) is 29.5 Å². The third kappa shape index (κ3) is 4.87. The van der Waals surface area contributed by atoms with Crippen LogP contribution in [0.25, 0.3) is 0 Å². The number of anilines is 2. The molecule has 1 atom stereocenters. The highest BCUT2D eigenvalue weighted by Gasteiger charge is 2.29. The van der Waals surface area contributed by atoms with Gasteiger partial charge in [0.15, 0.2) is 0 Å². The molecule has 1 N–H and O–H groups in total. The molecule has 0 spiro atoms. The highest BCUT2D eigenvalue weighted by molar-refractivity contribution is 7.92. The van der Waals surface area contributed by atoms with Crippen molar-refractivity contribution in [2.75, 3.05) is 22.8 Å². The Morgan fingerprint density at radius 3 is 2.53 bits per heavy atom.